The quantitative estimate of drug-likeness (QED) is 0.440. The van der Waals surface area contributed by atoms with E-state index in [-0.39, 0.29) is 28.6 Å². The smallest absolute Gasteiger partial charge is 0.250 e. The zero-order valence-electron chi connectivity index (χ0n) is 22.0. The van der Waals surface area contributed by atoms with Gasteiger partial charge in [-0.3, -0.25) is 14.5 Å². The Morgan fingerprint density at radius 1 is 1.03 bits per heavy atom. The summed E-state index contributed by atoms with van der Waals surface area (Å²) >= 11 is 8.55. The molecular weight excluding hydrogens is 580 g/mol. The van der Waals surface area contributed by atoms with Crippen LogP contribution in [0, 0.1) is 0 Å². The van der Waals surface area contributed by atoms with Crippen molar-refractivity contribution in [2.45, 2.75) is 60.9 Å². The number of amides is 2. The second-order valence-corrected chi connectivity index (χ2v) is 15.2. The van der Waals surface area contributed by atoms with E-state index in [2.05, 4.69) is 9.62 Å². The third kappa shape index (κ3) is 6.69. The highest BCUT2D eigenvalue weighted by Gasteiger charge is 2.37. The van der Waals surface area contributed by atoms with E-state index in [0.717, 1.165) is 59.9 Å². The molecule has 9 nitrogen and oxygen atoms in total. The molecule has 5 heterocycles. The standard InChI is InChI=1S/C26H35ClN4O5S3/c1-36-17-19-6-2-12-29(19)15-18-5-3-14-31(18)24(32)16-30-13-4-7-20(26(30)33)28-39(34,35)25-11-9-22(38-25)21-8-10-23(27)37-21/h8-11,18-20,28H,2-7,12-17H2,1H3/t18-,19+,20-/m0/s1. The van der Waals surface area contributed by atoms with Crippen molar-refractivity contribution in [1.29, 1.82) is 0 Å². The van der Waals surface area contributed by atoms with E-state index in [4.69, 9.17) is 16.3 Å². The van der Waals surface area contributed by atoms with Gasteiger partial charge in [0.15, 0.2) is 0 Å². The number of carbonyl (C=O) groups is 2. The number of halogens is 1. The van der Waals surface area contributed by atoms with Crippen LogP contribution in [0.2, 0.25) is 4.34 Å². The minimum absolute atomic E-state index is 0.0165. The predicted octanol–water partition coefficient (Wildman–Crippen LogP) is 3.50. The number of hydrogen-bond acceptors (Lipinski definition) is 8. The summed E-state index contributed by atoms with van der Waals surface area (Å²) in [5.41, 5.74) is 0. The zero-order valence-corrected chi connectivity index (χ0v) is 25.2. The van der Waals surface area contributed by atoms with Crippen LogP contribution in [0.3, 0.4) is 0 Å². The first kappa shape index (κ1) is 29.0. The van der Waals surface area contributed by atoms with Crippen LogP contribution in [0.1, 0.15) is 38.5 Å². The Bertz CT molecular complexity index is 1280. The third-order valence-corrected chi connectivity index (χ3v) is 12.3. The van der Waals surface area contributed by atoms with Gasteiger partial charge in [-0.15, -0.1) is 22.7 Å². The van der Waals surface area contributed by atoms with E-state index in [0.29, 0.717) is 42.9 Å². The fourth-order valence-corrected chi connectivity index (χ4v) is 9.57. The van der Waals surface area contributed by atoms with Crippen LogP contribution >= 0.6 is 34.3 Å². The van der Waals surface area contributed by atoms with E-state index < -0.39 is 16.1 Å². The number of carbonyl (C=O) groups excluding carboxylic acids is 2. The van der Waals surface area contributed by atoms with Crippen LogP contribution < -0.4 is 4.72 Å². The lowest BCUT2D eigenvalue weighted by Gasteiger charge is -2.35. The van der Waals surface area contributed by atoms with E-state index in [1.54, 1.807) is 25.3 Å². The van der Waals surface area contributed by atoms with Gasteiger partial charge in [0.25, 0.3) is 10.0 Å². The summed E-state index contributed by atoms with van der Waals surface area (Å²) in [5.74, 6) is -0.398. The van der Waals surface area contributed by atoms with Gasteiger partial charge in [-0.05, 0) is 69.3 Å². The molecule has 214 valence electrons. The Kier molecular flexibility index (Phi) is 9.32. The second kappa shape index (κ2) is 12.5. The van der Waals surface area contributed by atoms with E-state index >= 15 is 0 Å². The summed E-state index contributed by atoms with van der Waals surface area (Å²) in [5, 5.41) is 0. The lowest BCUT2D eigenvalue weighted by atomic mass is 10.1. The van der Waals surface area contributed by atoms with E-state index in [9.17, 15) is 18.0 Å². The van der Waals surface area contributed by atoms with Crippen molar-refractivity contribution in [3.05, 3.63) is 28.6 Å². The van der Waals surface area contributed by atoms with Crippen molar-refractivity contribution in [3.63, 3.8) is 0 Å². The lowest BCUT2D eigenvalue weighted by Crippen LogP contribution is -2.55. The highest BCUT2D eigenvalue weighted by Crippen LogP contribution is 2.37. The highest BCUT2D eigenvalue weighted by molar-refractivity contribution is 7.91. The van der Waals surface area contributed by atoms with Crippen LogP contribution in [-0.2, 0) is 24.3 Å². The number of thiophene rings is 2. The molecule has 2 amide bonds. The predicted molar refractivity (Wildman–Crippen MR) is 154 cm³/mol. The lowest BCUT2D eigenvalue weighted by molar-refractivity contribution is -0.143. The first-order valence-electron chi connectivity index (χ1n) is 13.4. The number of nitrogens with zero attached hydrogens (tertiary/aromatic N) is 3. The third-order valence-electron chi connectivity index (χ3n) is 7.82. The summed E-state index contributed by atoms with van der Waals surface area (Å²) in [4.78, 5) is 34.2. The number of nitrogens with one attached hydrogen (secondary N) is 1. The summed E-state index contributed by atoms with van der Waals surface area (Å²) in [7, 11) is -2.17. The van der Waals surface area contributed by atoms with Crippen LogP contribution in [0.4, 0.5) is 0 Å². The van der Waals surface area contributed by atoms with Gasteiger partial charge >= 0.3 is 0 Å². The Labute approximate surface area is 243 Å². The topological polar surface area (TPSA) is 99.3 Å². The van der Waals surface area contributed by atoms with Crippen LogP contribution in [0.25, 0.3) is 9.75 Å². The molecule has 3 aliphatic rings. The van der Waals surface area contributed by atoms with Crippen molar-refractivity contribution in [2.75, 3.05) is 46.4 Å². The fourth-order valence-electron chi connectivity index (χ4n) is 5.89. The molecule has 39 heavy (non-hydrogen) atoms. The number of hydrogen-bond donors (Lipinski definition) is 1. The van der Waals surface area contributed by atoms with Crippen molar-refractivity contribution < 1.29 is 22.7 Å². The molecule has 0 aliphatic carbocycles. The van der Waals surface area contributed by atoms with Crippen molar-refractivity contribution >= 4 is 56.1 Å². The molecule has 3 fully saturated rings. The maximum atomic E-state index is 13.3. The van der Waals surface area contributed by atoms with Gasteiger partial charge in [0.1, 0.15) is 10.3 Å². The van der Waals surface area contributed by atoms with Crippen molar-refractivity contribution in [1.82, 2.24) is 19.4 Å². The molecule has 0 saturated carbocycles. The largest absolute Gasteiger partial charge is 0.383 e. The molecule has 0 unspecified atom stereocenters. The number of likely N-dealkylation sites (tertiary alicyclic amines) is 3. The SMILES string of the molecule is COC[C@H]1CCCN1C[C@@H]1CCCN1C(=O)CN1CCC[C@H](NS(=O)(=O)c2ccc(-c3ccc(Cl)s3)s2)C1=O. The van der Waals surface area contributed by atoms with Gasteiger partial charge in [-0.2, -0.15) is 4.72 Å². The van der Waals surface area contributed by atoms with Crippen LogP contribution in [0.15, 0.2) is 28.5 Å². The number of sulfonamides is 1. The normalized spacial score (nSPS) is 24.7. The van der Waals surface area contributed by atoms with E-state index in [1.807, 2.05) is 11.0 Å². The molecule has 2 aromatic rings. The Hall–Kier alpha value is -1.54. The molecule has 0 spiro atoms. The Morgan fingerprint density at radius 2 is 1.74 bits per heavy atom. The zero-order chi connectivity index (χ0) is 27.6. The maximum absolute atomic E-state index is 13.3. The molecule has 0 bridgehead atoms. The first-order chi connectivity index (χ1) is 18.7. The molecule has 2 aromatic heterocycles. The summed E-state index contributed by atoms with van der Waals surface area (Å²) in [6.45, 7) is 3.68. The van der Waals surface area contributed by atoms with Crippen LogP contribution in [0.5, 0.6) is 0 Å². The summed E-state index contributed by atoms with van der Waals surface area (Å²) in [6.07, 6.45) is 5.21. The van der Waals surface area contributed by atoms with Gasteiger partial charge in [0.05, 0.1) is 17.5 Å². The molecule has 3 aliphatic heterocycles. The number of methoxy groups -OCH3 is 1. The average molecular weight is 615 g/mol. The second-order valence-electron chi connectivity index (χ2n) is 10.4. The molecule has 0 radical (unpaired) electrons. The summed E-state index contributed by atoms with van der Waals surface area (Å²) in [6, 6.07) is 6.58. The molecule has 1 N–H and O–H groups in total. The number of piperidine rings is 1. The molecule has 0 aromatic carbocycles. The Balaban J connectivity index is 1.19. The van der Waals surface area contributed by atoms with Gasteiger partial charge < -0.3 is 14.5 Å². The summed E-state index contributed by atoms with van der Waals surface area (Å²) < 4.78 is 35.0. The van der Waals surface area contributed by atoms with Gasteiger partial charge in [-0.25, -0.2) is 8.42 Å². The van der Waals surface area contributed by atoms with Gasteiger partial charge in [0.2, 0.25) is 11.8 Å². The van der Waals surface area contributed by atoms with E-state index in [1.165, 1.54) is 16.2 Å². The minimum Gasteiger partial charge on any atom is -0.383 e. The molecule has 3 saturated heterocycles. The Morgan fingerprint density at radius 3 is 2.51 bits per heavy atom. The highest BCUT2D eigenvalue weighted by atomic mass is 35.5. The molecule has 3 atom stereocenters. The van der Waals surface area contributed by atoms with Gasteiger partial charge in [-0.1, -0.05) is 11.6 Å². The van der Waals surface area contributed by atoms with Crippen molar-refractivity contribution in [2.24, 2.45) is 0 Å². The molecular formula is C26H35ClN4O5S3. The fraction of sp³-hybridized carbons (Fsp3) is 0.615. The number of rotatable bonds is 10. The maximum Gasteiger partial charge on any atom is 0.250 e. The molecule has 5 rings (SSSR count). The van der Waals surface area contributed by atoms with Gasteiger partial charge in [0, 0.05) is 48.6 Å². The minimum atomic E-state index is -3.89. The van der Waals surface area contributed by atoms with Crippen molar-refractivity contribution in [3.8, 4) is 9.75 Å². The number of ether oxygens (including phenoxy) is 1. The van der Waals surface area contributed by atoms with Crippen LogP contribution in [-0.4, -0.2) is 99.5 Å². The molecule has 13 heteroatoms. The first-order valence-corrected chi connectivity index (χ1v) is 16.9. The average Bonchev–Trinajstić information content (AvgIpc) is 3.70. The monoisotopic (exact) mass is 614 g/mol.